The van der Waals surface area contributed by atoms with Crippen molar-refractivity contribution < 1.29 is 4.74 Å². The van der Waals surface area contributed by atoms with Crippen LogP contribution in [0.3, 0.4) is 0 Å². The van der Waals surface area contributed by atoms with Gasteiger partial charge in [0, 0.05) is 30.5 Å². The first kappa shape index (κ1) is 18.7. The highest BCUT2D eigenvalue weighted by Crippen LogP contribution is 2.45. The molecule has 1 fully saturated rings. The van der Waals surface area contributed by atoms with E-state index in [9.17, 15) is 0 Å². The average Bonchev–Trinajstić information content (AvgIpc) is 2.98. The number of nitrogens with zero attached hydrogens (tertiary/aromatic N) is 1. The lowest BCUT2D eigenvalue weighted by molar-refractivity contribution is 0.0657. The number of fused-ring (bicyclic) bond motifs is 5. The van der Waals surface area contributed by atoms with Crippen molar-refractivity contribution in [1.82, 2.24) is 4.90 Å². The van der Waals surface area contributed by atoms with Crippen LogP contribution in [0.5, 0.6) is 0 Å². The second kappa shape index (κ2) is 7.73. The molecule has 0 aromatic rings. The van der Waals surface area contributed by atoms with Gasteiger partial charge >= 0.3 is 0 Å². The predicted molar refractivity (Wildman–Crippen MR) is 113 cm³/mol. The first-order chi connectivity index (χ1) is 13.1. The molecule has 5 unspecified atom stereocenters. The van der Waals surface area contributed by atoms with Gasteiger partial charge in [0.25, 0.3) is 0 Å². The molecule has 5 atom stereocenters. The van der Waals surface area contributed by atoms with Gasteiger partial charge in [-0.15, -0.1) is 0 Å². The number of allylic oxidation sites excluding steroid dienone is 7. The molecule has 0 N–H and O–H groups in total. The summed E-state index contributed by atoms with van der Waals surface area (Å²) in [5, 5.41) is 0. The van der Waals surface area contributed by atoms with Gasteiger partial charge in [-0.25, -0.2) is 0 Å². The van der Waals surface area contributed by atoms with Crippen molar-refractivity contribution in [1.29, 1.82) is 0 Å². The lowest BCUT2D eigenvalue weighted by atomic mass is 9.85. The van der Waals surface area contributed by atoms with Gasteiger partial charge in [-0.05, 0) is 55.6 Å². The lowest BCUT2D eigenvalue weighted by Crippen LogP contribution is -2.39. The summed E-state index contributed by atoms with van der Waals surface area (Å²) in [4.78, 5) is 2.62. The van der Waals surface area contributed by atoms with Crippen LogP contribution >= 0.6 is 0 Å². The average molecular weight is 366 g/mol. The van der Waals surface area contributed by atoms with Crippen molar-refractivity contribution in [3.8, 4) is 0 Å². The molecule has 146 valence electrons. The molecule has 2 bridgehead atoms. The first-order valence-corrected chi connectivity index (χ1v) is 11.0. The Kier molecular flexibility index (Phi) is 5.34. The zero-order valence-electron chi connectivity index (χ0n) is 17.4. The van der Waals surface area contributed by atoms with Gasteiger partial charge in [0.1, 0.15) is 6.10 Å². The molecule has 1 saturated heterocycles. The molecule has 27 heavy (non-hydrogen) atoms. The molecule has 0 amide bonds. The largest absolute Gasteiger partial charge is 0.471 e. The summed E-state index contributed by atoms with van der Waals surface area (Å²) in [5.41, 5.74) is 4.43. The molecule has 2 heterocycles. The van der Waals surface area contributed by atoms with E-state index in [1.165, 1.54) is 41.9 Å². The van der Waals surface area contributed by atoms with E-state index < -0.39 is 0 Å². The van der Waals surface area contributed by atoms with Gasteiger partial charge in [0.05, 0.1) is 0 Å². The molecule has 0 spiro atoms. The third-order valence-electron chi connectivity index (χ3n) is 7.09. The molecule has 4 aliphatic rings. The van der Waals surface area contributed by atoms with Crippen LogP contribution in [0.1, 0.15) is 59.8 Å². The Morgan fingerprint density at radius 2 is 2.11 bits per heavy atom. The van der Waals surface area contributed by atoms with Crippen LogP contribution in [0.25, 0.3) is 0 Å². The number of ether oxygens (including phenoxy) is 1. The van der Waals surface area contributed by atoms with E-state index in [2.05, 4.69) is 69.1 Å². The van der Waals surface area contributed by atoms with Crippen LogP contribution in [0.2, 0.25) is 0 Å². The molecular weight excluding hydrogens is 330 g/mol. The molecule has 0 saturated carbocycles. The normalized spacial score (nSPS) is 35.7. The smallest absolute Gasteiger partial charge is 0.193 e. The molecule has 2 aliphatic heterocycles. The Labute approximate surface area is 165 Å². The number of rotatable bonds is 3. The van der Waals surface area contributed by atoms with Crippen LogP contribution in [0.4, 0.5) is 0 Å². The number of hydrogen-bond donors (Lipinski definition) is 0. The maximum atomic E-state index is 6.83. The standard InChI is InChI=1S/C25H35NO/c1-5-7-10-19-13-20-14-21(6-2)23(15-19)25-26(16-20)18(4)17(3)22-11-8-9-12-24(22)27-25/h7-11,15,17-18,20-21,24H,5-6,12-14,16H2,1-4H3/b10-7-. The molecule has 0 radical (unpaired) electrons. The zero-order valence-corrected chi connectivity index (χ0v) is 17.4. The van der Waals surface area contributed by atoms with Crippen LogP contribution in [0.15, 0.2) is 59.1 Å². The van der Waals surface area contributed by atoms with Gasteiger partial charge in [0.2, 0.25) is 0 Å². The van der Waals surface area contributed by atoms with E-state index in [0.717, 1.165) is 19.4 Å². The maximum absolute atomic E-state index is 6.83. The predicted octanol–water partition coefficient (Wildman–Crippen LogP) is 6.15. The van der Waals surface area contributed by atoms with Crippen LogP contribution in [-0.4, -0.2) is 23.6 Å². The first-order valence-electron chi connectivity index (χ1n) is 11.0. The Bertz CT molecular complexity index is 723. The lowest BCUT2D eigenvalue weighted by Gasteiger charge is -2.35. The SMILES string of the molecule is CC/C=C\C1=CC2=C3OC4CC=CC=C4C(C)C(C)N3CC(C1)CC2CC. The molecular formula is C25H35NO. The second-order valence-corrected chi connectivity index (χ2v) is 8.82. The van der Waals surface area contributed by atoms with E-state index in [1.54, 1.807) is 0 Å². The number of hydrogen-bond acceptors (Lipinski definition) is 2. The molecule has 2 nitrogen and oxygen atoms in total. The van der Waals surface area contributed by atoms with Crippen molar-refractivity contribution in [2.75, 3.05) is 6.54 Å². The summed E-state index contributed by atoms with van der Waals surface area (Å²) in [6.07, 6.45) is 19.9. The summed E-state index contributed by atoms with van der Waals surface area (Å²) in [6, 6.07) is 0.483. The van der Waals surface area contributed by atoms with Crippen LogP contribution in [-0.2, 0) is 4.74 Å². The Morgan fingerprint density at radius 1 is 1.26 bits per heavy atom. The van der Waals surface area contributed by atoms with Crippen LogP contribution < -0.4 is 0 Å². The van der Waals surface area contributed by atoms with Crippen molar-refractivity contribution in [2.45, 2.75) is 71.9 Å². The van der Waals surface area contributed by atoms with E-state index in [-0.39, 0.29) is 6.10 Å². The van der Waals surface area contributed by atoms with Gasteiger partial charge in [-0.2, -0.15) is 0 Å². The monoisotopic (exact) mass is 365 g/mol. The minimum Gasteiger partial charge on any atom is -0.471 e. The van der Waals surface area contributed by atoms with Gasteiger partial charge in [-0.3, -0.25) is 0 Å². The topological polar surface area (TPSA) is 12.5 Å². The van der Waals surface area contributed by atoms with Crippen LogP contribution in [0, 0.1) is 17.8 Å². The molecule has 4 rings (SSSR count). The Balaban J connectivity index is 1.83. The quantitative estimate of drug-likeness (QED) is 0.594. The van der Waals surface area contributed by atoms with E-state index in [0.29, 0.717) is 23.8 Å². The third kappa shape index (κ3) is 3.44. The van der Waals surface area contributed by atoms with Crippen molar-refractivity contribution in [3.05, 3.63) is 59.1 Å². The van der Waals surface area contributed by atoms with E-state index >= 15 is 0 Å². The molecule has 2 heteroatoms. The fourth-order valence-corrected chi connectivity index (χ4v) is 5.35. The van der Waals surface area contributed by atoms with Gasteiger partial charge in [-0.1, -0.05) is 57.2 Å². The highest BCUT2D eigenvalue weighted by Gasteiger charge is 2.41. The summed E-state index contributed by atoms with van der Waals surface area (Å²) < 4.78 is 6.83. The Hall–Kier alpha value is -1.70. The third-order valence-corrected chi connectivity index (χ3v) is 7.09. The maximum Gasteiger partial charge on any atom is 0.193 e. The van der Waals surface area contributed by atoms with Crippen molar-refractivity contribution >= 4 is 0 Å². The fourth-order valence-electron chi connectivity index (χ4n) is 5.35. The summed E-state index contributed by atoms with van der Waals surface area (Å²) >= 11 is 0. The summed E-state index contributed by atoms with van der Waals surface area (Å²) in [6.45, 7) is 10.5. The van der Waals surface area contributed by atoms with Crippen molar-refractivity contribution in [3.63, 3.8) is 0 Å². The molecule has 0 aromatic heterocycles. The molecule has 0 aromatic carbocycles. The molecule has 2 aliphatic carbocycles. The van der Waals surface area contributed by atoms with E-state index in [4.69, 9.17) is 4.74 Å². The second-order valence-electron chi connectivity index (χ2n) is 8.82. The highest BCUT2D eigenvalue weighted by molar-refractivity contribution is 5.38. The van der Waals surface area contributed by atoms with Gasteiger partial charge in [0.15, 0.2) is 5.88 Å². The highest BCUT2D eigenvalue weighted by atomic mass is 16.5. The minimum atomic E-state index is 0.207. The summed E-state index contributed by atoms with van der Waals surface area (Å²) in [5.74, 6) is 3.05. The zero-order chi connectivity index (χ0) is 19.0. The van der Waals surface area contributed by atoms with Crippen molar-refractivity contribution in [2.24, 2.45) is 17.8 Å². The van der Waals surface area contributed by atoms with Gasteiger partial charge < -0.3 is 9.64 Å². The Morgan fingerprint density at radius 3 is 2.89 bits per heavy atom. The minimum absolute atomic E-state index is 0.207. The fraction of sp³-hybridized carbons (Fsp3) is 0.600. The van der Waals surface area contributed by atoms with E-state index in [1.807, 2.05) is 0 Å². The summed E-state index contributed by atoms with van der Waals surface area (Å²) in [7, 11) is 0.